The van der Waals surface area contributed by atoms with Crippen molar-refractivity contribution < 1.29 is 19.0 Å². The first-order chi connectivity index (χ1) is 10.0. The minimum absolute atomic E-state index is 0.147. The molecular weight excluding hydrogens is 275 g/mol. The summed E-state index contributed by atoms with van der Waals surface area (Å²) in [5.41, 5.74) is 0.243. The van der Waals surface area contributed by atoms with Crippen LogP contribution in [0.2, 0.25) is 0 Å². The van der Waals surface area contributed by atoms with E-state index < -0.39 is 18.0 Å². The van der Waals surface area contributed by atoms with Crippen LogP contribution < -0.4 is 15.4 Å². The zero-order valence-electron chi connectivity index (χ0n) is 12.6. The molecule has 5 nitrogen and oxygen atoms in total. The first-order valence-electron chi connectivity index (χ1n) is 7.08. The van der Waals surface area contributed by atoms with E-state index in [0.29, 0.717) is 5.75 Å². The number of ether oxygens (including phenoxy) is 1. The lowest BCUT2D eigenvalue weighted by molar-refractivity contribution is 0.104. The van der Waals surface area contributed by atoms with Crippen LogP contribution in [0.1, 0.15) is 26.7 Å². The summed E-state index contributed by atoms with van der Waals surface area (Å²) in [5, 5.41) is 15.0. The molecule has 1 unspecified atom stereocenters. The number of rotatable bonds is 7. The van der Waals surface area contributed by atoms with E-state index in [1.807, 2.05) is 13.8 Å². The van der Waals surface area contributed by atoms with Crippen molar-refractivity contribution in [3.8, 4) is 5.75 Å². The van der Waals surface area contributed by atoms with E-state index in [9.17, 15) is 14.3 Å². The smallest absolute Gasteiger partial charge is 0.319 e. The molecule has 0 spiro atoms. The monoisotopic (exact) mass is 298 g/mol. The number of halogens is 1. The Labute approximate surface area is 124 Å². The molecular formula is C15H23FN2O3. The lowest BCUT2D eigenvalue weighted by Crippen LogP contribution is -2.38. The third kappa shape index (κ3) is 5.23. The fourth-order valence-electron chi connectivity index (χ4n) is 2.14. The van der Waals surface area contributed by atoms with Crippen molar-refractivity contribution in [2.75, 3.05) is 19.0 Å². The van der Waals surface area contributed by atoms with Crippen LogP contribution in [0.4, 0.5) is 14.9 Å². The highest BCUT2D eigenvalue weighted by Crippen LogP contribution is 2.24. The average molecular weight is 298 g/mol. The molecule has 0 bridgehead atoms. The van der Waals surface area contributed by atoms with Gasteiger partial charge in [0, 0.05) is 12.6 Å². The standard InChI is InChI=1S/C15H23FN2O3/c1-4-10(5-2)13(19)9-17-15(20)18-12-8-11(16)6-7-14(12)21-3/h6-8,10,13,19H,4-5,9H2,1-3H3,(H2,17,18,20). The number of anilines is 1. The largest absolute Gasteiger partial charge is 0.495 e. The molecule has 0 aliphatic heterocycles. The molecule has 21 heavy (non-hydrogen) atoms. The number of amides is 2. The normalized spacial score (nSPS) is 12.1. The maximum Gasteiger partial charge on any atom is 0.319 e. The third-order valence-electron chi connectivity index (χ3n) is 3.47. The maximum atomic E-state index is 13.2. The molecule has 2 amide bonds. The summed E-state index contributed by atoms with van der Waals surface area (Å²) in [6, 6.07) is 3.35. The van der Waals surface area contributed by atoms with Crippen molar-refractivity contribution in [2.24, 2.45) is 5.92 Å². The zero-order valence-corrected chi connectivity index (χ0v) is 12.6. The van der Waals surface area contributed by atoms with Crippen molar-refractivity contribution in [2.45, 2.75) is 32.8 Å². The summed E-state index contributed by atoms with van der Waals surface area (Å²) >= 11 is 0. The number of methoxy groups -OCH3 is 1. The minimum atomic E-state index is -0.597. The molecule has 0 aliphatic carbocycles. The van der Waals surface area contributed by atoms with Crippen LogP contribution in [0.25, 0.3) is 0 Å². The molecule has 1 atom stereocenters. The van der Waals surface area contributed by atoms with E-state index >= 15 is 0 Å². The zero-order chi connectivity index (χ0) is 15.8. The van der Waals surface area contributed by atoms with Gasteiger partial charge in [0.1, 0.15) is 11.6 Å². The number of benzene rings is 1. The van der Waals surface area contributed by atoms with E-state index in [0.717, 1.165) is 12.8 Å². The van der Waals surface area contributed by atoms with Gasteiger partial charge in [0.15, 0.2) is 0 Å². The molecule has 6 heteroatoms. The van der Waals surface area contributed by atoms with Crippen LogP contribution in [0, 0.1) is 11.7 Å². The number of carbonyl (C=O) groups excluding carboxylic acids is 1. The molecule has 0 aliphatic rings. The predicted octanol–water partition coefficient (Wildman–Crippen LogP) is 2.75. The maximum absolute atomic E-state index is 13.2. The minimum Gasteiger partial charge on any atom is -0.495 e. The highest BCUT2D eigenvalue weighted by atomic mass is 19.1. The van der Waals surface area contributed by atoms with Gasteiger partial charge in [-0.1, -0.05) is 26.7 Å². The Bertz CT molecular complexity index is 464. The van der Waals surface area contributed by atoms with Crippen molar-refractivity contribution in [1.82, 2.24) is 5.32 Å². The van der Waals surface area contributed by atoms with Gasteiger partial charge >= 0.3 is 6.03 Å². The van der Waals surface area contributed by atoms with Gasteiger partial charge in [0.05, 0.1) is 18.9 Å². The molecule has 0 radical (unpaired) electrons. The molecule has 118 valence electrons. The molecule has 1 aromatic rings. The van der Waals surface area contributed by atoms with Gasteiger partial charge in [-0.3, -0.25) is 0 Å². The van der Waals surface area contributed by atoms with E-state index in [2.05, 4.69) is 10.6 Å². The van der Waals surface area contributed by atoms with Gasteiger partial charge in [0.25, 0.3) is 0 Å². The topological polar surface area (TPSA) is 70.6 Å². The van der Waals surface area contributed by atoms with E-state index in [4.69, 9.17) is 4.74 Å². The lowest BCUT2D eigenvalue weighted by Gasteiger charge is -2.20. The number of aliphatic hydroxyl groups is 1. The Hall–Kier alpha value is -1.82. The van der Waals surface area contributed by atoms with Crippen LogP contribution in [-0.4, -0.2) is 30.9 Å². The molecule has 3 N–H and O–H groups in total. The van der Waals surface area contributed by atoms with Gasteiger partial charge in [-0.05, 0) is 18.1 Å². The summed E-state index contributed by atoms with van der Waals surface area (Å²) in [6.45, 7) is 4.14. The van der Waals surface area contributed by atoms with Crippen LogP contribution in [0.3, 0.4) is 0 Å². The quantitative estimate of drug-likeness (QED) is 0.725. The SMILES string of the molecule is CCC(CC)C(O)CNC(=O)Nc1cc(F)ccc1OC. The first kappa shape index (κ1) is 17.2. The molecule has 1 aromatic carbocycles. The van der Waals surface area contributed by atoms with Gasteiger partial charge in [-0.15, -0.1) is 0 Å². The molecule has 0 aromatic heterocycles. The summed E-state index contributed by atoms with van der Waals surface area (Å²) < 4.78 is 18.2. The lowest BCUT2D eigenvalue weighted by atomic mass is 9.97. The fourth-order valence-corrected chi connectivity index (χ4v) is 2.14. The van der Waals surface area contributed by atoms with Crippen LogP contribution in [0.15, 0.2) is 18.2 Å². The Morgan fingerprint density at radius 1 is 1.38 bits per heavy atom. The Balaban J connectivity index is 2.56. The van der Waals surface area contributed by atoms with Crippen LogP contribution >= 0.6 is 0 Å². The molecule has 0 heterocycles. The summed E-state index contributed by atoms with van der Waals surface area (Å²) in [6.07, 6.45) is 1.09. The number of carbonyl (C=O) groups is 1. The van der Waals surface area contributed by atoms with E-state index in [1.165, 1.54) is 25.3 Å². The van der Waals surface area contributed by atoms with Crippen molar-refractivity contribution in [3.63, 3.8) is 0 Å². The second-order valence-corrected chi connectivity index (χ2v) is 4.82. The van der Waals surface area contributed by atoms with Crippen molar-refractivity contribution >= 4 is 11.7 Å². The van der Waals surface area contributed by atoms with Crippen LogP contribution in [-0.2, 0) is 0 Å². The molecule has 0 saturated carbocycles. The number of urea groups is 1. The number of hydrogen-bond acceptors (Lipinski definition) is 3. The summed E-state index contributed by atoms with van der Waals surface area (Å²) in [7, 11) is 1.44. The highest BCUT2D eigenvalue weighted by molar-refractivity contribution is 5.90. The first-order valence-corrected chi connectivity index (χ1v) is 7.08. The number of nitrogens with one attached hydrogen (secondary N) is 2. The van der Waals surface area contributed by atoms with Crippen molar-refractivity contribution in [3.05, 3.63) is 24.0 Å². The van der Waals surface area contributed by atoms with E-state index in [-0.39, 0.29) is 18.2 Å². The van der Waals surface area contributed by atoms with Gasteiger partial charge in [0.2, 0.25) is 0 Å². The average Bonchev–Trinajstić information content (AvgIpc) is 2.46. The fraction of sp³-hybridized carbons (Fsp3) is 0.533. The number of hydrogen-bond donors (Lipinski definition) is 3. The van der Waals surface area contributed by atoms with E-state index in [1.54, 1.807) is 0 Å². The van der Waals surface area contributed by atoms with Gasteiger partial charge in [-0.2, -0.15) is 0 Å². The second-order valence-electron chi connectivity index (χ2n) is 4.82. The highest BCUT2D eigenvalue weighted by Gasteiger charge is 2.16. The predicted molar refractivity (Wildman–Crippen MR) is 80.1 cm³/mol. The van der Waals surface area contributed by atoms with Gasteiger partial charge < -0.3 is 20.5 Å². The third-order valence-corrected chi connectivity index (χ3v) is 3.47. The van der Waals surface area contributed by atoms with Gasteiger partial charge in [-0.25, -0.2) is 9.18 Å². The van der Waals surface area contributed by atoms with Crippen molar-refractivity contribution in [1.29, 1.82) is 0 Å². The Kier molecular flexibility index (Phi) is 6.94. The Morgan fingerprint density at radius 3 is 2.62 bits per heavy atom. The second kappa shape index (κ2) is 8.46. The molecule has 0 fully saturated rings. The van der Waals surface area contributed by atoms with Crippen LogP contribution in [0.5, 0.6) is 5.75 Å². The molecule has 0 saturated heterocycles. The summed E-state index contributed by atoms with van der Waals surface area (Å²) in [5.74, 6) is 0.0456. The summed E-state index contributed by atoms with van der Waals surface area (Å²) in [4.78, 5) is 11.8. The number of aliphatic hydroxyl groups excluding tert-OH is 1. The molecule has 1 rings (SSSR count). The Morgan fingerprint density at radius 2 is 2.05 bits per heavy atom.